The first kappa shape index (κ1) is 14.7. The van der Waals surface area contributed by atoms with Crippen LogP contribution in [0.5, 0.6) is 0 Å². The maximum absolute atomic E-state index is 6.13. The molecule has 1 N–H and O–H groups in total. The van der Waals surface area contributed by atoms with Crippen molar-refractivity contribution < 1.29 is 0 Å². The Morgan fingerprint density at radius 1 is 1.05 bits per heavy atom. The van der Waals surface area contributed by atoms with Gasteiger partial charge in [-0.3, -0.25) is 0 Å². The zero-order chi connectivity index (χ0) is 14.0. The first-order valence-corrected chi connectivity index (χ1v) is 7.72. The molecule has 2 rings (SSSR count). The lowest BCUT2D eigenvalue weighted by molar-refractivity contribution is 0.604. The second kappa shape index (κ2) is 5.74. The van der Waals surface area contributed by atoms with Crippen LogP contribution in [0.25, 0.3) is 0 Å². The topological polar surface area (TPSA) is 12.0 Å². The van der Waals surface area contributed by atoms with Gasteiger partial charge in [0.25, 0.3) is 0 Å². The van der Waals surface area contributed by atoms with Crippen LogP contribution < -0.4 is 5.32 Å². The van der Waals surface area contributed by atoms with Crippen LogP contribution in [-0.4, -0.2) is 0 Å². The number of thiophene rings is 1. The Morgan fingerprint density at radius 3 is 2.21 bits per heavy atom. The van der Waals surface area contributed by atoms with E-state index in [2.05, 4.69) is 38.2 Å². The van der Waals surface area contributed by atoms with Crippen LogP contribution in [0.1, 0.15) is 30.5 Å². The van der Waals surface area contributed by atoms with Gasteiger partial charge in [0.05, 0.1) is 15.7 Å². The summed E-state index contributed by atoms with van der Waals surface area (Å²) in [5.41, 5.74) is 1.00. The normalized spacial score (nSPS) is 11.6. The second-order valence-electron chi connectivity index (χ2n) is 5.47. The first-order chi connectivity index (χ1) is 8.88. The van der Waals surface area contributed by atoms with Gasteiger partial charge in [-0.15, -0.1) is 11.3 Å². The minimum absolute atomic E-state index is 0.199. The van der Waals surface area contributed by atoms with Gasteiger partial charge in [-0.05, 0) is 29.7 Å². The van der Waals surface area contributed by atoms with Gasteiger partial charge < -0.3 is 5.32 Å². The van der Waals surface area contributed by atoms with Gasteiger partial charge in [-0.25, -0.2) is 0 Å². The molecule has 0 atom stereocenters. The predicted octanol–water partition coefficient (Wildman–Crippen LogP) is 5.96. The van der Waals surface area contributed by atoms with Gasteiger partial charge in [0.1, 0.15) is 0 Å². The van der Waals surface area contributed by atoms with E-state index in [1.54, 1.807) is 0 Å². The van der Waals surface area contributed by atoms with Crippen molar-refractivity contribution in [3.63, 3.8) is 0 Å². The van der Waals surface area contributed by atoms with E-state index in [1.165, 1.54) is 9.75 Å². The Morgan fingerprint density at radius 2 is 1.68 bits per heavy atom. The van der Waals surface area contributed by atoms with Crippen LogP contribution in [0.4, 0.5) is 5.69 Å². The molecular formula is C15H17Cl2NS. The molecule has 0 aliphatic rings. The number of nitrogens with one attached hydrogen (secondary N) is 1. The molecule has 0 spiro atoms. The zero-order valence-corrected chi connectivity index (χ0v) is 13.6. The number of anilines is 1. The van der Waals surface area contributed by atoms with Crippen LogP contribution in [0.3, 0.4) is 0 Å². The van der Waals surface area contributed by atoms with Crippen molar-refractivity contribution in [3.05, 3.63) is 50.1 Å². The fourth-order valence-electron chi connectivity index (χ4n) is 1.72. The van der Waals surface area contributed by atoms with E-state index < -0.39 is 0 Å². The van der Waals surface area contributed by atoms with Crippen molar-refractivity contribution in [2.45, 2.75) is 32.7 Å². The molecule has 2 aromatic rings. The van der Waals surface area contributed by atoms with Gasteiger partial charge in [-0.1, -0.05) is 50.0 Å². The zero-order valence-electron chi connectivity index (χ0n) is 11.3. The molecule has 0 aliphatic carbocycles. The molecule has 102 valence electrons. The van der Waals surface area contributed by atoms with Crippen LogP contribution >= 0.6 is 34.5 Å². The molecule has 0 bridgehead atoms. The molecule has 0 saturated carbocycles. The largest absolute Gasteiger partial charge is 0.378 e. The third-order valence-corrected chi connectivity index (χ3v) is 4.94. The second-order valence-corrected chi connectivity index (χ2v) is 7.45. The number of hydrogen-bond acceptors (Lipinski definition) is 2. The van der Waals surface area contributed by atoms with Crippen molar-refractivity contribution in [1.82, 2.24) is 0 Å². The van der Waals surface area contributed by atoms with Crippen molar-refractivity contribution in [2.75, 3.05) is 5.32 Å². The summed E-state index contributed by atoms with van der Waals surface area (Å²) in [4.78, 5) is 2.66. The molecule has 1 aromatic heterocycles. The Balaban J connectivity index is 2.09. The Kier molecular flexibility index (Phi) is 4.44. The summed E-state index contributed by atoms with van der Waals surface area (Å²) in [6, 6.07) is 9.87. The SMILES string of the molecule is CC(C)(C)c1ccc(CNc2c(Cl)cccc2Cl)s1. The molecule has 0 radical (unpaired) electrons. The Labute approximate surface area is 128 Å². The molecule has 1 aromatic carbocycles. The summed E-state index contributed by atoms with van der Waals surface area (Å²) < 4.78 is 0. The molecule has 1 nitrogen and oxygen atoms in total. The monoisotopic (exact) mass is 313 g/mol. The quantitative estimate of drug-likeness (QED) is 0.736. The molecule has 0 amide bonds. The van der Waals surface area contributed by atoms with E-state index in [1.807, 2.05) is 29.5 Å². The van der Waals surface area contributed by atoms with Crippen LogP contribution in [0.15, 0.2) is 30.3 Å². The standard InChI is InChI=1S/C15H17Cl2NS/c1-15(2,3)13-8-7-10(19-13)9-18-14-11(16)5-4-6-12(14)17/h4-8,18H,9H2,1-3H3. The van der Waals surface area contributed by atoms with E-state index in [4.69, 9.17) is 23.2 Å². The molecule has 0 aliphatic heterocycles. The highest BCUT2D eigenvalue weighted by molar-refractivity contribution is 7.12. The van der Waals surface area contributed by atoms with Crippen molar-refractivity contribution in [2.24, 2.45) is 0 Å². The van der Waals surface area contributed by atoms with Crippen LogP contribution in [0.2, 0.25) is 10.0 Å². The minimum Gasteiger partial charge on any atom is -0.378 e. The lowest BCUT2D eigenvalue weighted by atomic mass is 9.95. The van der Waals surface area contributed by atoms with Gasteiger partial charge in [0.15, 0.2) is 0 Å². The average Bonchev–Trinajstić information content (AvgIpc) is 2.77. The van der Waals surface area contributed by atoms with E-state index in [-0.39, 0.29) is 5.41 Å². The predicted molar refractivity (Wildman–Crippen MR) is 86.8 cm³/mol. The molecular weight excluding hydrogens is 297 g/mol. The molecule has 1 heterocycles. The summed E-state index contributed by atoms with van der Waals surface area (Å²) in [5.74, 6) is 0. The summed E-state index contributed by atoms with van der Waals surface area (Å²) in [5, 5.41) is 4.61. The lowest BCUT2D eigenvalue weighted by Crippen LogP contribution is -2.07. The van der Waals surface area contributed by atoms with Crippen LogP contribution in [-0.2, 0) is 12.0 Å². The summed E-state index contributed by atoms with van der Waals surface area (Å²) in [6.07, 6.45) is 0. The molecule has 0 unspecified atom stereocenters. The number of para-hydroxylation sites is 1. The maximum atomic E-state index is 6.13. The lowest BCUT2D eigenvalue weighted by Gasteiger charge is -2.15. The van der Waals surface area contributed by atoms with Gasteiger partial charge in [-0.2, -0.15) is 0 Å². The smallest absolute Gasteiger partial charge is 0.0721 e. The summed E-state index contributed by atoms with van der Waals surface area (Å²) in [6.45, 7) is 7.41. The first-order valence-electron chi connectivity index (χ1n) is 6.15. The van der Waals surface area contributed by atoms with Gasteiger partial charge in [0.2, 0.25) is 0 Å². The van der Waals surface area contributed by atoms with Crippen molar-refractivity contribution >= 4 is 40.2 Å². The van der Waals surface area contributed by atoms with Crippen molar-refractivity contribution in [1.29, 1.82) is 0 Å². The Hall–Kier alpha value is -0.700. The number of rotatable bonds is 3. The third kappa shape index (κ3) is 3.65. The number of hydrogen-bond donors (Lipinski definition) is 1. The van der Waals surface area contributed by atoms with E-state index in [0.717, 1.165) is 12.2 Å². The number of benzene rings is 1. The number of halogens is 2. The van der Waals surface area contributed by atoms with Gasteiger partial charge in [0, 0.05) is 16.3 Å². The highest BCUT2D eigenvalue weighted by Crippen LogP contribution is 2.32. The minimum atomic E-state index is 0.199. The maximum Gasteiger partial charge on any atom is 0.0721 e. The van der Waals surface area contributed by atoms with E-state index in [9.17, 15) is 0 Å². The van der Waals surface area contributed by atoms with E-state index >= 15 is 0 Å². The highest BCUT2D eigenvalue weighted by Gasteiger charge is 2.16. The molecule has 0 fully saturated rings. The van der Waals surface area contributed by atoms with E-state index in [0.29, 0.717) is 10.0 Å². The Bertz CT molecular complexity index is 550. The van der Waals surface area contributed by atoms with Crippen LogP contribution in [0, 0.1) is 0 Å². The van der Waals surface area contributed by atoms with Crippen molar-refractivity contribution in [3.8, 4) is 0 Å². The highest BCUT2D eigenvalue weighted by atomic mass is 35.5. The molecule has 4 heteroatoms. The summed E-state index contributed by atoms with van der Waals surface area (Å²) in [7, 11) is 0. The average molecular weight is 314 g/mol. The summed E-state index contributed by atoms with van der Waals surface area (Å²) >= 11 is 14.1. The fraction of sp³-hybridized carbons (Fsp3) is 0.333. The fourth-order valence-corrected chi connectivity index (χ4v) is 3.25. The van der Waals surface area contributed by atoms with Gasteiger partial charge >= 0.3 is 0 Å². The molecule has 19 heavy (non-hydrogen) atoms. The molecule has 0 saturated heterocycles. The third-order valence-electron chi connectivity index (χ3n) is 2.80.